The van der Waals surface area contributed by atoms with Crippen molar-refractivity contribution >= 4 is 16.9 Å². The number of aromatic carboxylic acids is 1. The third kappa shape index (κ3) is 1.41. The summed E-state index contributed by atoms with van der Waals surface area (Å²) in [5.74, 6) is -1.18. The number of halogens is 1. The van der Waals surface area contributed by atoms with Gasteiger partial charge in [0.2, 0.25) is 0 Å². The van der Waals surface area contributed by atoms with Crippen molar-refractivity contribution in [2.45, 2.75) is 0 Å². The van der Waals surface area contributed by atoms with Gasteiger partial charge < -0.3 is 14.4 Å². The Kier molecular flexibility index (Phi) is 2.30. The summed E-state index contributed by atoms with van der Waals surface area (Å²) in [5, 5.41) is 9.53. The predicted octanol–water partition coefficient (Wildman–Crippen LogP) is 2.02. The molecule has 0 aliphatic carbocycles. The normalized spacial score (nSPS) is 10.7. The second-order valence-electron chi connectivity index (χ2n) is 3.43. The zero-order valence-corrected chi connectivity index (χ0v) is 8.82. The first-order chi connectivity index (χ1) is 7.54. The number of rotatable bonds is 2. The number of ether oxygens (including phenoxy) is 1. The number of carbonyl (C=O) groups is 1. The fourth-order valence-corrected chi connectivity index (χ4v) is 1.74. The zero-order chi connectivity index (χ0) is 11.9. The first-order valence-corrected chi connectivity index (χ1v) is 4.61. The van der Waals surface area contributed by atoms with Crippen LogP contribution in [0.4, 0.5) is 4.39 Å². The summed E-state index contributed by atoms with van der Waals surface area (Å²) < 4.78 is 19.7. The summed E-state index contributed by atoms with van der Waals surface area (Å²) in [6.45, 7) is 0. The lowest BCUT2D eigenvalue weighted by molar-refractivity contribution is 0.0687. The minimum Gasteiger partial charge on any atom is -0.496 e. The van der Waals surface area contributed by atoms with Crippen LogP contribution >= 0.6 is 0 Å². The minimum atomic E-state index is -1.05. The monoisotopic (exact) mass is 223 g/mol. The largest absolute Gasteiger partial charge is 0.496 e. The predicted molar refractivity (Wildman–Crippen MR) is 56.4 cm³/mol. The van der Waals surface area contributed by atoms with Gasteiger partial charge >= 0.3 is 5.97 Å². The summed E-state index contributed by atoms with van der Waals surface area (Å²) in [6, 6.07) is 3.98. The molecule has 2 aromatic rings. The molecule has 0 spiro atoms. The molecule has 0 unspecified atom stereocenters. The maximum absolute atomic E-state index is 13.2. The standard InChI is InChI=1S/C11H10FNO3/c1-13-8-3-6(12)4-10(16-2)7(8)5-9(13)11(14)15/h3-5H,1-2H3,(H,14,15). The zero-order valence-electron chi connectivity index (χ0n) is 8.82. The van der Waals surface area contributed by atoms with Crippen LogP contribution in [-0.4, -0.2) is 22.8 Å². The van der Waals surface area contributed by atoms with Crippen LogP contribution in [0.15, 0.2) is 18.2 Å². The lowest BCUT2D eigenvalue weighted by atomic mass is 10.2. The third-order valence-electron chi connectivity index (χ3n) is 2.53. The lowest BCUT2D eigenvalue weighted by Crippen LogP contribution is -2.03. The van der Waals surface area contributed by atoms with Crippen LogP contribution in [0.2, 0.25) is 0 Å². The van der Waals surface area contributed by atoms with Gasteiger partial charge in [0.1, 0.15) is 17.3 Å². The van der Waals surface area contributed by atoms with Crippen molar-refractivity contribution in [3.63, 3.8) is 0 Å². The Morgan fingerprint density at radius 3 is 2.69 bits per heavy atom. The van der Waals surface area contributed by atoms with E-state index in [1.165, 1.54) is 29.9 Å². The van der Waals surface area contributed by atoms with E-state index in [1.54, 1.807) is 7.05 Å². The van der Waals surface area contributed by atoms with E-state index in [-0.39, 0.29) is 5.69 Å². The van der Waals surface area contributed by atoms with E-state index in [4.69, 9.17) is 9.84 Å². The van der Waals surface area contributed by atoms with Gasteiger partial charge in [-0.05, 0) is 12.1 Å². The highest BCUT2D eigenvalue weighted by Gasteiger charge is 2.15. The van der Waals surface area contributed by atoms with Crippen molar-refractivity contribution < 1.29 is 19.0 Å². The Hall–Kier alpha value is -2.04. The Balaban J connectivity index is 2.85. The first kappa shape index (κ1) is 10.5. The Bertz CT molecular complexity index is 574. The molecule has 1 N–H and O–H groups in total. The number of hydrogen-bond donors (Lipinski definition) is 1. The van der Waals surface area contributed by atoms with Crippen LogP contribution in [0.25, 0.3) is 10.9 Å². The molecule has 84 valence electrons. The van der Waals surface area contributed by atoms with Crippen molar-refractivity contribution in [2.24, 2.45) is 7.05 Å². The van der Waals surface area contributed by atoms with E-state index in [0.29, 0.717) is 16.7 Å². The van der Waals surface area contributed by atoms with Crippen LogP contribution in [0.3, 0.4) is 0 Å². The number of benzene rings is 1. The van der Waals surface area contributed by atoms with Crippen molar-refractivity contribution in [3.05, 3.63) is 29.7 Å². The molecule has 0 bridgehead atoms. The van der Waals surface area contributed by atoms with Gasteiger partial charge in [0, 0.05) is 18.5 Å². The summed E-state index contributed by atoms with van der Waals surface area (Å²) in [6.07, 6.45) is 0. The quantitative estimate of drug-likeness (QED) is 0.847. The molecule has 0 amide bonds. The molecule has 4 nitrogen and oxygen atoms in total. The van der Waals surface area contributed by atoms with Gasteiger partial charge in [0.15, 0.2) is 0 Å². The number of carboxylic acid groups (broad SMARTS) is 1. The van der Waals surface area contributed by atoms with Gasteiger partial charge in [-0.25, -0.2) is 9.18 Å². The van der Waals surface area contributed by atoms with E-state index in [9.17, 15) is 9.18 Å². The molecule has 0 fully saturated rings. The number of fused-ring (bicyclic) bond motifs is 1. The highest BCUT2D eigenvalue weighted by molar-refractivity contribution is 5.97. The second kappa shape index (κ2) is 3.52. The molecule has 1 aromatic carbocycles. The van der Waals surface area contributed by atoms with E-state index in [2.05, 4.69) is 0 Å². The van der Waals surface area contributed by atoms with Crippen LogP contribution in [0, 0.1) is 5.82 Å². The molecular formula is C11H10FNO3. The Morgan fingerprint density at radius 1 is 1.44 bits per heavy atom. The molecule has 0 saturated carbocycles. The molecule has 0 radical (unpaired) electrons. The average molecular weight is 223 g/mol. The van der Waals surface area contributed by atoms with Gasteiger partial charge in [0.25, 0.3) is 0 Å². The van der Waals surface area contributed by atoms with Crippen LogP contribution < -0.4 is 4.74 Å². The van der Waals surface area contributed by atoms with Crippen molar-refractivity contribution in [1.29, 1.82) is 0 Å². The van der Waals surface area contributed by atoms with Gasteiger partial charge in [-0.1, -0.05) is 0 Å². The van der Waals surface area contributed by atoms with E-state index in [1.807, 2.05) is 0 Å². The van der Waals surface area contributed by atoms with Gasteiger partial charge in [-0.15, -0.1) is 0 Å². The fourth-order valence-electron chi connectivity index (χ4n) is 1.74. The van der Waals surface area contributed by atoms with Crippen molar-refractivity contribution in [2.75, 3.05) is 7.11 Å². The third-order valence-corrected chi connectivity index (χ3v) is 2.53. The molecule has 0 aliphatic rings. The number of aromatic nitrogens is 1. The molecule has 5 heteroatoms. The van der Waals surface area contributed by atoms with E-state index >= 15 is 0 Å². The number of hydrogen-bond acceptors (Lipinski definition) is 2. The number of aryl methyl sites for hydroxylation is 1. The van der Waals surface area contributed by atoms with Gasteiger partial charge in [-0.2, -0.15) is 0 Å². The second-order valence-corrected chi connectivity index (χ2v) is 3.43. The lowest BCUT2D eigenvalue weighted by Gasteiger charge is -2.03. The SMILES string of the molecule is COc1cc(F)cc2c1cc(C(=O)O)n2C. The van der Waals surface area contributed by atoms with Crippen LogP contribution in [0.1, 0.15) is 10.5 Å². The van der Waals surface area contributed by atoms with E-state index < -0.39 is 11.8 Å². The smallest absolute Gasteiger partial charge is 0.352 e. The Labute approximate surface area is 90.9 Å². The molecule has 1 aromatic heterocycles. The first-order valence-electron chi connectivity index (χ1n) is 4.61. The van der Waals surface area contributed by atoms with Crippen LogP contribution in [0.5, 0.6) is 5.75 Å². The minimum absolute atomic E-state index is 0.0962. The van der Waals surface area contributed by atoms with E-state index in [0.717, 1.165) is 0 Å². The molecule has 2 rings (SSSR count). The van der Waals surface area contributed by atoms with Crippen molar-refractivity contribution in [1.82, 2.24) is 4.57 Å². The number of nitrogens with zero attached hydrogens (tertiary/aromatic N) is 1. The number of carboxylic acids is 1. The molecule has 0 aliphatic heterocycles. The summed E-state index contributed by atoms with van der Waals surface area (Å²) >= 11 is 0. The molecular weight excluding hydrogens is 213 g/mol. The molecule has 16 heavy (non-hydrogen) atoms. The Morgan fingerprint density at radius 2 is 2.12 bits per heavy atom. The summed E-state index contributed by atoms with van der Waals surface area (Å²) in [7, 11) is 2.99. The highest BCUT2D eigenvalue weighted by atomic mass is 19.1. The van der Waals surface area contributed by atoms with Crippen LogP contribution in [-0.2, 0) is 7.05 Å². The summed E-state index contributed by atoms with van der Waals surface area (Å²) in [5.41, 5.74) is 0.591. The number of methoxy groups -OCH3 is 1. The highest BCUT2D eigenvalue weighted by Crippen LogP contribution is 2.29. The van der Waals surface area contributed by atoms with Gasteiger partial charge in [0.05, 0.1) is 12.6 Å². The average Bonchev–Trinajstić information content (AvgIpc) is 2.55. The maximum atomic E-state index is 13.2. The topological polar surface area (TPSA) is 51.5 Å². The molecule has 0 atom stereocenters. The molecule has 0 saturated heterocycles. The maximum Gasteiger partial charge on any atom is 0.352 e. The fraction of sp³-hybridized carbons (Fsp3) is 0.182. The molecule has 1 heterocycles. The van der Waals surface area contributed by atoms with Crippen molar-refractivity contribution in [3.8, 4) is 5.75 Å². The van der Waals surface area contributed by atoms with Gasteiger partial charge in [-0.3, -0.25) is 0 Å². The summed E-state index contributed by atoms with van der Waals surface area (Å²) in [4.78, 5) is 10.9.